The minimum Gasteiger partial charge on any atom is -0.481 e. The van der Waals surface area contributed by atoms with Crippen molar-refractivity contribution in [3.8, 4) is 0 Å². The molecule has 3 heteroatoms. The number of carbonyl (C=O) groups is 1. The minimum atomic E-state index is -0.587. The maximum atomic E-state index is 12.1. The lowest BCUT2D eigenvalue weighted by molar-refractivity contribution is -0.181. The number of rotatable bonds is 1. The van der Waals surface area contributed by atoms with Crippen LogP contribution >= 0.6 is 0 Å². The largest absolute Gasteiger partial charge is 0.481 e. The topological polar surface area (TPSA) is 57.5 Å². The Morgan fingerprint density at radius 1 is 1.00 bits per heavy atom. The molecule has 4 saturated carbocycles. The first kappa shape index (κ1) is 15.9. The normalized spacial score (nSPS) is 58.3. The van der Waals surface area contributed by atoms with Crippen molar-refractivity contribution in [2.75, 3.05) is 0 Å². The van der Waals surface area contributed by atoms with E-state index in [0.29, 0.717) is 17.8 Å². The van der Waals surface area contributed by atoms with Crippen LogP contribution in [0.15, 0.2) is 0 Å². The molecular weight excluding hydrogens is 288 g/mol. The molecule has 23 heavy (non-hydrogen) atoms. The van der Waals surface area contributed by atoms with E-state index in [4.69, 9.17) is 0 Å². The quantitative estimate of drug-likeness (QED) is 0.760. The fourth-order valence-electron chi connectivity index (χ4n) is 8.05. The van der Waals surface area contributed by atoms with Crippen molar-refractivity contribution in [2.45, 2.75) is 84.2 Å². The maximum Gasteiger partial charge on any atom is 0.309 e. The van der Waals surface area contributed by atoms with Gasteiger partial charge in [0.1, 0.15) is 0 Å². The lowest BCUT2D eigenvalue weighted by atomic mass is 9.41. The van der Waals surface area contributed by atoms with Crippen LogP contribution in [0.4, 0.5) is 0 Å². The highest BCUT2D eigenvalue weighted by atomic mass is 16.4. The molecule has 1 spiro atoms. The fraction of sp³-hybridized carbons (Fsp3) is 0.950. The van der Waals surface area contributed by atoms with E-state index in [0.717, 1.165) is 38.5 Å². The van der Waals surface area contributed by atoms with Gasteiger partial charge in [-0.15, -0.1) is 0 Å². The van der Waals surface area contributed by atoms with Gasteiger partial charge in [-0.2, -0.15) is 0 Å². The van der Waals surface area contributed by atoms with Gasteiger partial charge in [-0.25, -0.2) is 0 Å². The smallest absolute Gasteiger partial charge is 0.309 e. The van der Waals surface area contributed by atoms with Crippen molar-refractivity contribution in [2.24, 2.45) is 34.0 Å². The Balaban J connectivity index is 1.74. The van der Waals surface area contributed by atoms with Crippen LogP contribution in [-0.4, -0.2) is 21.8 Å². The van der Waals surface area contributed by atoms with E-state index in [-0.39, 0.29) is 10.8 Å². The lowest BCUT2D eigenvalue weighted by Crippen LogP contribution is -2.58. The predicted molar refractivity (Wildman–Crippen MR) is 88.9 cm³/mol. The van der Waals surface area contributed by atoms with Crippen LogP contribution in [0.5, 0.6) is 0 Å². The van der Waals surface area contributed by atoms with Crippen LogP contribution in [0.2, 0.25) is 0 Å². The average Bonchev–Trinajstić information content (AvgIpc) is 2.63. The standard InChI is InChI=1S/C20H32O3/c1-17-8-4-9-18(2,16(21)22)14(17)7-10-20-11-13(5-6-15(17)20)19(3,23)12-20/h13-15,23H,4-12H2,1-3H3,(H,21,22)/t13?,14-,15-,17+,18+,19+,20-/m0/s1. The third-order valence-corrected chi connectivity index (χ3v) is 8.98. The molecule has 130 valence electrons. The van der Waals surface area contributed by atoms with Gasteiger partial charge in [0.05, 0.1) is 11.0 Å². The van der Waals surface area contributed by atoms with Crippen LogP contribution in [0.3, 0.4) is 0 Å². The Bertz CT molecular complexity index is 541. The Hall–Kier alpha value is -0.570. The number of carboxylic acid groups (broad SMARTS) is 1. The van der Waals surface area contributed by atoms with Crippen molar-refractivity contribution in [1.29, 1.82) is 0 Å². The monoisotopic (exact) mass is 320 g/mol. The molecule has 4 aliphatic rings. The van der Waals surface area contributed by atoms with E-state index in [1.54, 1.807) is 0 Å². The van der Waals surface area contributed by atoms with Gasteiger partial charge in [0.15, 0.2) is 0 Å². The number of carboxylic acids is 1. The van der Waals surface area contributed by atoms with Crippen LogP contribution in [0, 0.1) is 34.0 Å². The minimum absolute atomic E-state index is 0.148. The first-order chi connectivity index (χ1) is 10.6. The molecule has 0 amide bonds. The number of hydrogen-bond acceptors (Lipinski definition) is 2. The Morgan fingerprint density at radius 2 is 1.74 bits per heavy atom. The highest BCUT2D eigenvalue weighted by Gasteiger charge is 2.67. The molecule has 7 atom stereocenters. The number of aliphatic hydroxyl groups is 1. The van der Waals surface area contributed by atoms with Gasteiger partial charge in [-0.1, -0.05) is 13.3 Å². The van der Waals surface area contributed by atoms with Gasteiger partial charge in [-0.3, -0.25) is 4.79 Å². The molecule has 1 unspecified atom stereocenters. The fourth-order valence-corrected chi connectivity index (χ4v) is 8.05. The van der Waals surface area contributed by atoms with E-state index < -0.39 is 17.0 Å². The second-order valence-electron chi connectivity index (χ2n) is 10.1. The Labute approximate surface area is 139 Å². The van der Waals surface area contributed by atoms with Gasteiger partial charge in [-0.05, 0) is 93.8 Å². The zero-order chi connectivity index (χ0) is 16.7. The van der Waals surface area contributed by atoms with Crippen molar-refractivity contribution in [3.05, 3.63) is 0 Å². The van der Waals surface area contributed by atoms with Gasteiger partial charge in [0.2, 0.25) is 0 Å². The summed E-state index contributed by atoms with van der Waals surface area (Å²) in [6.07, 6.45) is 9.68. The zero-order valence-electron chi connectivity index (χ0n) is 14.9. The van der Waals surface area contributed by atoms with E-state index >= 15 is 0 Å². The van der Waals surface area contributed by atoms with Crippen LogP contribution in [-0.2, 0) is 4.79 Å². The summed E-state index contributed by atoms with van der Waals surface area (Å²) >= 11 is 0. The summed E-state index contributed by atoms with van der Waals surface area (Å²) in [7, 11) is 0. The first-order valence-corrected chi connectivity index (χ1v) is 9.60. The first-order valence-electron chi connectivity index (χ1n) is 9.60. The summed E-state index contributed by atoms with van der Waals surface area (Å²) in [5.41, 5.74) is -0.612. The van der Waals surface area contributed by atoms with Gasteiger partial charge >= 0.3 is 5.97 Å². The SMILES string of the molecule is C[C@@]12CCC[C@@](C)(C(=O)O)[C@H]1CC[C@@]13CC(CC[C@H]12)[C@](C)(O)C3. The highest BCUT2D eigenvalue weighted by Crippen LogP contribution is 2.72. The summed E-state index contributed by atoms with van der Waals surface area (Å²) in [6.45, 7) is 6.45. The molecule has 0 aromatic carbocycles. The number of aliphatic carboxylic acids is 1. The van der Waals surface area contributed by atoms with E-state index in [1.807, 2.05) is 13.8 Å². The average molecular weight is 320 g/mol. The Morgan fingerprint density at radius 3 is 2.43 bits per heavy atom. The van der Waals surface area contributed by atoms with E-state index in [2.05, 4.69) is 6.92 Å². The van der Waals surface area contributed by atoms with Gasteiger partial charge in [0, 0.05) is 0 Å². The number of fused-ring (bicyclic) bond motifs is 3. The molecule has 0 aromatic rings. The second-order valence-corrected chi connectivity index (χ2v) is 10.1. The summed E-state index contributed by atoms with van der Waals surface area (Å²) in [5.74, 6) is 0.793. The molecular formula is C20H32O3. The second kappa shape index (κ2) is 4.53. The van der Waals surface area contributed by atoms with Crippen LogP contribution < -0.4 is 0 Å². The summed E-state index contributed by atoms with van der Waals surface area (Å²) in [5, 5.41) is 20.8. The van der Waals surface area contributed by atoms with Crippen molar-refractivity contribution >= 4 is 5.97 Å². The number of hydrogen-bond donors (Lipinski definition) is 2. The maximum absolute atomic E-state index is 12.1. The molecule has 0 aromatic heterocycles. The molecule has 2 N–H and O–H groups in total. The molecule has 0 heterocycles. The molecule has 4 fully saturated rings. The third kappa shape index (κ3) is 1.89. The Kier molecular flexibility index (Phi) is 3.14. The molecule has 4 aliphatic carbocycles. The van der Waals surface area contributed by atoms with Crippen molar-refractivity contribution in [1.82, 2.24) is 0 Å². The molecule has 0 aliphatic heterocycles. The van der Waals surface area contributed by atoms with E-state index in [1.165, 1.54) is 19.3 Å². The zero-order valence-corrected chi connectivity index (χ0v) is 14.9. The summed E-state index contributed by atoms with van der Waals surface area (Å²) in [4.78, 5) is 12.1. The molecule has 0 saturated heterocycles. The molecule has 2 bridgehead atoms. The highest BCUT2D eigenvalue weighted by molar-refractivity contribution is 5.75. The molecule has 0 radical (unpaired) electrons. The van der Waals surface area contributed by atoms with Crippen LogP contribution in [0.1, 0.15) is 78.6 Å². The van der Waals surface area contributed by atoms with Crippen molar-refractivity contribution in [3.63, 3.8) is 0 Å². The summed E-state index contributed by atoms with van der Waals surface area (Å²) < 4.78 is 0. The van der Waals surface area contributed by atoms with E-state index in [9.17, 15) is 15.0 Å². The molecule has 3 nitrogen and oxygen atoms in total. The lowest BCUT2D eigenvalue weighted by Gasteiger charge is -2.63. The third-order valence-electron chi connectivity index (χ3n) is 8.98. The molecule has 4 rings (SSSR count). The van der Waals surface area contributed by atoms with Gasteiger partial charge in [0.25, 0.3) is 0 Å². The predicted octanol–water partition coefficient (Wildman–Crippen LogP) is 4.23. The van der Waals surface area contributed by atoms with Gasteiger partial charge < -0.3 is 10.2 Å². The van der Waals surface area contributed by atoms with Crippen molar-refractivity contribution < 1.29 is 15.0 Å². The van der Waals surface area contributed by atoms with Crippen LogP contribution in [0.25, 0.3) is 0 Å². The summed E-state index contributed by atoms with van der Waals surface area (Å²) in [6, 6.07) is 0.